The van der Waals surface area contributed by atoms with E-state index in [0.29, 0.717) is 22.8 Å². The van der Waals surface area contributed by atoms with Crippen molar-refractivity contribution in [1.82, 2.24) is 10.6 Å². The van der Waals surface area contributed by atoms with Crippen molar-refractivity contribution in [3.05, 3.63) is 23.3 Å². The highest BCUT2D eigenvalue weighted by molar-refractivity contribution is 7.80. The third-order valence-electron chi connectivity index (χ3n) is 2.94. The largest absolute Gasteiger partial charge is 0.493 e. The lowest BCUT2D eigenvalue weighted by Crippen LogP contribution is -2.51. The zero-order chi connectivity index (χ0) is 16.3. The van der Waals surface area contributed by atoms with Gasteiger partial charge in [0.2, 0.25) is 5.75 Å². The van der Waals surface area contributed by atoms with Crippen molar-refractivity contribution in [3.63, 3.8) is 0 Å². The summed E-state index contributed by atoms with van der Waals surface area (Å²) in [5.41, 5.74) is 0.477. The van der Waals surface area contributed by atoms with Gasteiger partial charge in [0.15, 0.2) is 16.6 Å². The van der Waals surface area contributed by atoms with E-state index in [9.17, 15) is 9.59 Å². The first kappa shape index (κ1) is 15.8. The summed E-state index contributed by atoms with van der Waals surface area (Å²) in [4.78, 5) is 23.7. The predicted octanol–water partition coefficient (Wildman–Crippen LogP) is 0.627. The molecular weight excluding hydrogens is 308 g/mol. The molecule has 2 N–H and O–H groups in total. The van der Waals surface area contributed by atoms with Crippen molar-refractivity contribution in [2.24, 2.45) is 0 Å². The number of nitrogens with one attached hydrogen (secondary N) is 2. The van der Waals surface area contributed by atoms with Crippen LogP contribution in [0.15, 0.2) is 17.7 Å². The number of hydrogen-bond acceptors (Lipinski definition) is 6. The van der Waals surface area contributed by atoms with Gasteiger partial charge in [-0.05, 0) is 36.0 Å². The second-order valence-electron chi connectivity index (χ2n) is 4.25. The van der Waals surface area contributed by atoms with Crippen LogP contribution in [0.5, 0.6) is 17.2 Å². The van der Waals surface area contributed by atoms with Gasteiger partial charge in [0.1, 0.15) is 5.57 Å². The van der Waals surface area contributed by atoms with Crippen LogP contribution >= 0.6 is 12.2 Å². The molecule has 0 aliphatic carbocycles. The smallest absolute Gasteiger partial charge is 0.263 e. The van der Waals surface area contributed by atoms with Gasteiger partial charge in [-0.3, -0.25) is 20.2 Å². The molecule has 1 aromatic carbocycles. The molecule has 1 heterocycles. The molecule has 2 amide bonds. The molecule has 1 saturated heterocycles. The van der Waals surface area contributed by atoms with Crippen molar-refractivity contribution < 1.29 is 23.8 Å². The molecule has 7 nitrogen and oxygen atoms in total. The topological polar surface area (TPSA) is 85.9 Å². The van der Waals surface area contributed by atoms with Crippen molar-refractivity contribution in [3.8, 4) is 17.2 Å². The number of methoxy groups -OCH3 is 3. The SMILES string of the molecule is COc1cc(C=C2C(=O)NC(=S)NC2=O)cc(OC)c1OC. The Balaban J connectivity index is 2.49. The van der Waals surface area contributed by atoms with E-state index in [4.69, 9.17) is 26.4 Å². The van der Waals surface area contributed by atoms with E-state index in [-0.39, 0.29) is 10.7 Å². The lowest BCUT2D eigenvalue weighted by atomic mass is 10.1. The van der Waals surface area contributed by atoms with Gasteiger partial charge in [-0.2, -0.15) is 0 Å². The van der Waals surface area contributed by atoms with Crippen molar-refractivity contribution in [2.75, 3.05) is 21.3 Å². The summed E-state index contributed by atoms with van der Waals surface area (Å²) in [6, 6.07) is 3.25. The first-order valence-corrected chi connectivity index (χ1v) is 6.59. The van der Waals surface area contributed by atoms with Crippen LogP contribution in [0, 0.1) is 0 Å². The molecule has 1 aliphatic rings. The average molecular weight is 322 g/mol. The van der Waals surface area contributed by atoms with Crippen LogP contribution in [0.2, 0.25) is 0 Å². The molecular formula is C14H14N2O5S. The van der Waals surface area contributed by atoms with E-state index in [1.807, 2.05) is 0 Å². The molecule has 0 radical (unpaired) electrons. The zero-order valence-electron chi connectivity index (χ0n) is 12.2. The molecule has 8 heteroatoms. The van der Waals surface area contributed by atoms with Crippen LogP contribution in [0.4, 0.5) is 0 Å². The molecule has 0 aromatic heterocycles. The van der Waals surface area contributed by atoms with E-state index in [1.54, 1.807) is 12.1 Å². The van der Waals surface area contributed by atoms with Crippen LogP contribution in [-0.4, -0.2) is 38.3 Å². The average Bonchev–Trinajstić information content (AvgIpc) is 2.49. The molecule has 0 unspecified atom stereocenters. The summed E-state index contributed by atoms with van der Waals surface area (Å²) in [6.07, 6.45) is 1.41. The third-order valence-corrected chi connectivity index (χ3v) is 3.15. The van der Waals surface area contributed by atoms with Crippen LogP contribution in [0.25, 0.3) is 6.08 Å². The lowest BCUT2D eigenvalue weighted by molar-refractivity contribution is -0.123. The van der Waals surface area contributed by atoms with Crippen LogP contribution in [0.1, 0.15) is 5.56 Å². The normalized spacial score (nSPS) is 14.1. The fourth-order valence-electron chi connectivity index (χ4n) is 1.96. The predicted molar refractivity (Wildman–Crippen MR) is 83.0 cm³/mol. The molecule has 2 rings (SSSR count). The number of amides is 2. The standard InChI is InChI=1S/C14H14N2O5S/c1-19-9-5-7(6-10(20-2)11(9)21-3)4-8-12(17)15-14(22)16-13(8)18/h4-6H,1-3H3,(H2,15,16,17,18,22). The number of thiocarbonyl (C=S) groups is 1. The van der Waals surface area contributed by atoms with Gasteiger partial charge in [-0.15, -0.1) is 0 Å². The number of rotatable bonds is 4. The number of ether oxygens (including phenoxy) is 3. The number of benzene rings is 1. The number of carbonyl (C=O) groups excluding carboxylic acids is 2. The lowest BCUT2D eigenvalue weighted by Gasteiger charge is -2.17. The highest BCUT2D eigenvalue weighted by atomic mass is 32.1. The van der Waals surface area contributed by atoms with Gasteiger partial charge in [0.05, 0.1) is 21.3 Å². The van der Waals surface area contributed by atoms with Gasteiger partial charge < -0.3 is 14.2 Å². The van der Waals surface area contributed by atoms with Crippen molar-refractivity contribution in [2.45, 2.75) is 0 Å². The van der Waals surface area contributed by atoms with E-state index in [2.05, 4.69) is 10.6 Å². The summed E-state index contributed by atoms with van der Waals surface area (Å²) in [5.74, 6) is 0.123. The van der Waals surface area contributed by atoms with Gasteiger partial charge in [0, 0.05) is 0 Å². The Morgan fingerprint density at radius 1 is 0.955 bits per heavy atom. The van der Waals surface area contributed by atoms with E-state index in [1.165, 1.54) is 27.4 Å². The van der Waals surface area contributed by atoms with Gasteiger partial charge in [-0.1, -0.05) is 0 Å². The molecule has 0 saturated carbocycles. The van der Waals surface area contributed by atoms with E-state index >= 15 is 0 Å². The molecule has 0 atom stereocenters. The molecule has 1 aromatic rings. The minimum absolute atomic E-state index is 0.0166. The monoisotopic (exact) mass is 322 g/mol. The molecule has 1 aliphatic heterocycles. The first-order valence-electron chi connectivity index (χ1n) is 6.18. The van der Waals surface area contributed by atoms with Crippen LogP contribution in [0.3, 0.4) is 0 Å². The quantitative estimate of drug-likeness (QED) is 0.480. The minimum Gasteiger partial charge on any atom is -0.493 e. The first-order chi connectivity index (χ1) is 10.5. The Labute approximate surface area is 132 Å². The van der Waals surface area contributed by atoms with E-state index < -0.39 is 11.8 Å². The van der Waals surface area contributed by atoms with Crippen LogP contribution in [-0.2, 0) is 9.59 Å². The Hall–Kier alpha value is -2.61. The van der Waals surface area contributed by atoms with Crippen molar-refractivity contribution in [1.29, 1.82) is 0 Å². The third kappa shape index (κ3) is 3.01. The maximum atomic E-state index is 11.8. The Bertz CT molecular complexity index is 637. The van der Waals surface area contributed by atoms with Gasteiger partial charge >= 0.3 is 0 Å². The molecule has 22 heavy (non-hydrogen) atoms. The molecule has 116 valence electrons. The van der Waals surface area contributed by atoms with Gasteiger partial charge in [-0.25, -0.2) is 0 Å². The van der Waals surface area contributed by atoms with Crippen molar-refractivity contribution >= 4 is 35.2 Å². The maximum Gasteiger partial charge on any atom is 0.263 e. The summed E-state index contributed by atoms with van der Waals surface area (Å²) >= 11 is 4.74. The highest BCUT2D eigenvalue weighted by Crippen LogP contribution is 2.38. The molecule has 0 spiro atoms. The maximum absolute atomic E-state index is 11.8. The summed E-state index contributed by atoms with van der Waals surface area (Å²) in [7, 11) is 4.45. The Morgan fingerprint density at radius 2 is 1.45 bits per heavy atom. The number of carbonyl (C=O) groups is 2. The Kier molecular flexibility index (Phi) is 4.62. The Morgan fingerprint density at radius 3 is 1.86 bits per heavy atom. The highest BCUT2D eigenvalue weighted by Gasteiger charge is 2.26. The molecule has 0 bridgehead atoms. The second kappa shape index (κ2) is 6.44. The molecule has 1 fully saturated rings. The minimum atomic E-state index is -0.567. The summed E-state index contributed by atoms with van der Waals surface area (Å²) < 4.78 is 15.7. The number of hydrogen-bond donors (Lipinski definition) is 2. The zero-order valence-corrected chi connectivity index (χ0v) is 13.0. The fourth-order valence-corrected chi connectivity index (χ4v) is 2.14. The van der Waals surface area contributed by atoms with E-state index in [0.717, 1.165) is 0 Å². The second-order valence-corrected chi connectivity index (χ2v) is 4.66. The summed E-state index contributed by atoms with van der Waals surface area (Å²) in [6.45, 7) is 0. The van der Waals surface area contributed by atoms with Crippen LogP contribution < -0.4 is 24.8 Å². The van der Waals surface area contributed by atoms with Gasteiger partial charge in [0.25, 0.3) is 11.8 Å². The fraction of sp³-hybridized carbons (Fsp3) is 0.214. The summed E-state index contributed by atoms with van der Waals surface area (Å²) in [5, 5.41) is 4.71.